The number of rotatable bonds is 5. The molecule has 2 atom stereocenters. The molecular formula is C26H33NO3. The summed E-state index contributed by atoms with van der Waals surface area (Å²) in [5.74, 6) is 0.614. The van der Waals surface area contributed by atoms with E-state index in [1.165, 1.54) is 5.56 Å². The Morgan fingerprint density at radius 1 is 1.03 bits per heavy atom. The fourth-order valence-electron chi connectivity index (χ4n) is 5.18. The Kier molecular flexibility index (Phi) is 6.14. The molecule has 2 heterocycles. The lowest BCUT2D eigenvalue weighted by Crippen LogP contribution is -2.58. The van der Waals surface area contributed by atoms with Gasteiger partial charge in [0.15, 0.2) is 0 Å². The van der Waals surface area contributed by atoms with Crippen molar-refractivity contribution < 1.29 is 14.6 Å². The van der Waals surface area contributed by atoms with Gasteiger partial charge in [0.25, 0.3) is 0 Å². The molecule has 4 heteroatoms. The van der Waals surface area contributed by atoms with Crippen LogP contribution in [0.1, 0.15) is 62.6 Å². The number of fused-ring (bicyclic) bond motifs is 2. The van der Waals surface area contributed by atoms with Crippen LogP contribution in [-0.2, 0) is 23.4 Å². The average Bonchev–Trinajstić information content (AvgIpc) is 2.72. The van der Waals surface area contributed by atoms with Gasteiger partial charge in [-0.2, -0.15) is 0 Å². The van der Waals surface area contributed by atoms with Gasteiger partial charge >= 0.3 is 6.09 Å². The number of carbonyl (C=O) groups is 1. The number of aliphatic hydroxyl groups is 1. The molecule has 4 rings (SSSR count). The van der Waals surface area contributed by atoms with E-state index >= 15 is 0 Å². The molecule has 0 radical (unpaired) electrons. The van der Waals surface area contributed by atoms with Crippen LogP contribution in [0.25, 0.3) is 0 Å². The maximum absolute atomic E-state index is 12.9. The van der Waals surface area contributed by atoms with Crippen molar-refractivity contribution in [2.75, 3.05) is 0 Å². The number of nitrogens with zero attached hydrogens (tertiary/aromatic N) is 1. The Morgan fingerprint density at radius 2 is 1.67 bits per heavy atom. The first-order chi connectivity index (χ1) is 14.4. The van der Waals surface area contributed by atoms with Gasteiger partial charge in [-0.1, -0.05) is 68.4 Å². The first-order valence-electron chi connectivity index (χ1n) is 11.3. The van der Waals surface area contributed by atoms with E-state index in [9.17, 15) is 9.90 Å². The monoisotopic (exact) mass is 407 g/mol. The number of hydrogen-bond acceptors (Lipinski definition) is 3. The van der Waals surface area contributed by atoms with Crippen LogP contribution in [-0.4, -0.2) is 28.2 Å². The molecule has 2 saturated heterocycles. The van der Waals surface area contributed by atoms with Crippen LogP contribution in [0, 0.1) is 5.92 Å². The van der Waals surface area contributed by atoms with E-state index in [1.54, 1.807) is 0 Å². The van der Waals surface area contributed by atoms with E-state index in [-0.39, 0.29) is 24.8 Å². The van der Waals surface area contributed by atoms with Crippen molar-refractivity contribution in [1.82, 2.24) is 4.90 Å². The molecule has 2 fully saturated rings. The zero-order chi connectivity index (χ0) is 21.1. The second-order valence-corrected chi connectivity index (χ2v) is 9.42. The van der Waals surface area contributed by atoms with Crippen molar-refractivity contribution in [2.24, 2.45) is 5.92 Å². The zero-order valence-corrected chi connectivity index (χ0v) is 18.1. The standard InChI is InChI=1S/C26H33NO3/c1-19(2)15-20-11-13-22(14-12-20)26(29)16-23-9-6-10-24(17-26)27(23)25(28)30-18-21-7-4-3-5-8-21/h3-5,7-8,11-14,19,23-24,29H,6,9-10,15-18H2,1-2H3. The fourth-order valence-corrected chi connectivity index (χ4v) is 5.18. The van der Waals surface area contributed by atoms with Crippen molar-refractivity contribution in [3.05, 3.63) is 71.3 Å². The summed E-state index contributed by atoms with van der Waals surface area (Å²) in [7, 11) is 0. The highest BCUT2D eigenvalue weighted by atomic mass is 16.6. The molecule has 2 aromatic rings. The Bertz CT molecular complexity index is 832. The van der Waals surface area contributed by atoms with Gasteiger partial charge in [-0.15, -0.1) is 0 Å². The number of benzene rings is 2. The van der Waals surface area contributed by atoms with Crippen LogP contribution in [0.3, 0.4) is 0 Å². The minimum Gasteiger partial charge on any atom is -0.445 e. The molecule has 1 N–H and O–H groups in total. The molecule has 160 valence electrons. The number of hydrogen-bond donors (Lipinski definition) is 1. The molecule has 0 aromatic heterocycles. The highest BCUT2D eigenvalue weighted by Gasteiger charge is 2.48. The first kappa shape index (κ1) is 20.9. The fraction of sp³-hybridized carbons (Fsp3) is 0.500. The summed E-state index contributed by atoms with van der Waals surface area (Å²) in [6.45, 7) is 4.72. The Hall–Kier alpha value is -2.33. The number of ether oxygens (including phenoxy) is 1. The molecule has 2 aliphatic rings. The molecule has 0 spiro atoms. The maximum Gasteiger partial charge on any atom is 0.410 e. The van der Waals surface area contributed by atoms with Gasteiger partial charge in [-0.25, -0.2) is 4.79 Å². The minimum atomic E-state index is -0.873. The van der Waals surface area contributed by atoms with Gasteiger partial charge in [-0.3, -0.25) is 0 Å². The summed E-state index contributed by atoms with van der Waals surface area (Å²) in [5, 5.41) is 11.5. The summed E-state index contributed by atoms with van der Waals surface area (Å²) >= 11 is 0. The molecule has 0 saturated carbocycles. The Balaban J connectivity index is 1.45. The van der Waals surface area contributed by atoms with E-state index in [0.717, 1.165) is 36.8 Å². The van der Waals surface area contributed by atoms with E-state index in [4.69, 9.17) is 4.74 Å². The summed E-state index contributed by atoms with van der Waals surface area (Å²) in [6.07, 6.45) is 4.89. The molecule has 1 amide bonds. The normalized spacial score (nSPS) is 25.9. The van der Waals surface area contributed by atoms with Crippen LogP contribution in [0.4, 0.5) is 4.79 Å². The van der Waals surface area contributed by atoms with Gasteiger partial charge in [0.1, 0.15) is 6.61 Å². The first-order valence-corrected chi connectivity index (χ1v) is 11.3. The quantitative estimate of drug-likeness (QED) is 0.719. The predicted octanol–water partition coefficient (Wildman–Crippen LogP) is 5.43. The van der Waals surface area contributed by atoms with E-state index in [2.05, 4.69) is 38.1 Å². The molecule has 0 aliphatic carbocycles. The molecule has 30 heavy (non-hydrogen) atoms. The highest BCUT2D eigenvalue weighted by molar-refractivity contribution is 5.69. The van der Waals surface area contributed by atoms with E-state index in [0.29, 0.717) is 18.8 Å². The molecule has 2 aromatic carbocycles. The molecular weight excluding hydrogens is 374 g/mol. The highest BCUT2D eigenvalue weighted by Crippen LogP contribution is 2.44. The molecule has 4 nitrogen and oxygen atoms in total. The summed E-state index contributed by atoms with van der Waals surface area (Å²) in [6, 6.07) is 18.3. The van der Waals surface area contributed by atoms with Crippen molar-refractivity contribution >= 4 is 6.09 Å². The Morgan fingerprint density at radius 3 is 2.27 bits per heavy atom. The summed E-state index contributed by atoms with van der Waals surface area (Å²) < 4.78 is 5.64. The van der Waals surface area contributed by atoms with E-state index in [1.807, 2.05) is 35.2 Å². The van der Waals surface area contributed by atoms with Crippen LogP contribution >= 0.6 is 0 Å². The lowest BCUT2D eigenvalue weighted by atomic mass is 9.72. The number of amides is 1. The van der Waals surface area contributed by atoms with Crippen LogP contribution in [0.5, 0.6) is 0 Å². The van der Waals surface area contributed by atoms with Gasteiger partial charge < -0.3 is 14.7 Å². The maximum atomic E-state index is 12.9. The minimum absolute atomic E-state index is 0.0288. The van der Waals surface area contributed by atoms with Crippen LogP contribution < -0.4 is 0 Å². The summed E-state index contributed by atoms with van der Waals surface area (Å²) in [5.41, 5.74) is 2.40. The van der Waals surface area contributed by atoms with Gasteiger partial charge in [0.2, 0.25) is 0 Å². The zero-order valence-electron chi connectivity index (χ0n) is 18.1. The molecule has 2 bridgehead atoms. The van der Waals surface area contributed by atoms with Crippen molar-refractivity contribution in [2.45, 2.75) is 76.7 Å². The largest absolute Gasteiger partial charge is 0.445 e. The Labute approximate surface area is 179 Å². The van der Waals surface area contributed by atoms with Gasteiger partial charge in [0.05, 0.1) is 5.60 Å². The van der Waals surface area contributed by atoms with Crippen LogP contribution in [0.2, 0.25) is 0 Å². The SMILES string of the molecule is CC(C)Cc1ccc(C2(O)CC3CCCC(C2)N3C(=O)OCc2ccccc2)cc1. The lowest BCUT2D eigenvalue weighted by molar-refractivity contribution is -0.0896. The third-order valence-electron chi connectivity index (χ3n) is 6.56. The smallest absolute Gasteiger partial charge is 0.410 e. The second-order valence-electron chi connectivity index (χ2n) is 9.42. The van der Waals surface area contributed by atoms with Crippen LogP contribution in [0.15, 0.2) is 54.6 Å². The molecule has 2 aliphatic heterocycles. The van der Waals surface area contributed by atoms with Crippen molar-refractivity contribution in [3.63, 3.8) is 0 Å². The van der Waals surface area contributed by atoms with Crippen molar-refractivity contribution in [1.29, 1.82) is 0 Å². The summed E-state index contributed by atoms with van der Waals surface area (Å²) in [4.78, 5) is 14.8. The third kappa shape index (κ3) is 4.54. The number of carbonyl (C=O) groups excluding carboxylic acids is 1. The predicted molar refractivity (Wildman–Crippen MR) is 118 cm³/mol. The molecule has 2 unspecified atom stereocenters. The van der Waals surface area contributed by atoms with Gasteiger partial charge in [0, 0.05) is 24.9 Å². The lowest BCUT2D eigenvalue weighted by Gasteiger charge is -2.51. The third-order valence-corrected chi connectivity index (χ3v) is 6.56. The van der Waals surface area contributed by atoms with Crippen molar-refractivity contribution in [3.8, 4) is 0 Å². The topological polar surface area (TPSA) is 49.8 Å². The second kappa shape index (κ2) is 8.81. The average molecular weight is 408 g/mol. The van der Waals surface area contributed by atoms with E-state index < -0.39 is 5.60 Å². The number of piperidine rings is 2. The van der Waals surface area contributed by atoms with Gasteiger partial charge in [-0.05, 0) is 48.3 Å².